The van der Waals surface area contributed by atoms with Gasteiger partial charge in [0.1, 0.15) is 6.04 Å². The lowest BCUT2D eigenvalue weighted by Crippen LogP contribution is -2.48. The molecule has 4 N–H and O–H groups in total. The molecule has 2 unspecified atom stereocenters. The summed E-state index contributed by atoms with van der Waals surface area (Å²) in [6, 6.07) is 3.15. The Morgan fingerprint density at radius 2 is 1.81 bits per heavy atom. The molecule has 144 valence electrons. The number of aliphatic hydroxyl groups is 1. The number of imide groups is 1. The van der Waals surface area contributed by atoms with E-state index in [4.69, 9.17) is 4.74 Å². The Hall–Kier alpha value is -2.02. The smallest absolute Gasteiger partial charge is 0.327 e. The van der Waals surface area contributed by atoms with E-state index in [-0.39, 0.29) is 4.90 Å². The van der Waals surface area contributed by atoms with Crippen molar-refractivity contribution in [3.8, 4) is 0 Å². The molecule has 1 rings (SSSR count). The van der Waals surface area contributed by atoms with E-state index in [9.17, 15) is 27.9 Å². The summed E-state index contributed by atoms with van der Waals surface area (Å²) >= 11 is 3.17. The Bertz CT molecular complexity index is 767. The highest BCUT2D eigenvalue weighted by Gasteiger charge is 2.29. The normalized spacial score (nSPS) is 13.4. The fourth-order valence-electron chi connectivity index (χ4n) is 1.61. The van der Waals surface area contributed by atoms with Crippen molar-refractivity contribution in [2.24, 2.45) is 0 Å². The Kier molecular flexibility index (Phi) is 8.14. The maximum absolute atomic E-state index is 12.2. The summed E-state index contributed by atoms with van der Waals surface area (Å²) in [5, 5.41) is 13.3. The number of carbonyl (C=O) groups excluding carboxylic acids is 3. The first-order chi connectivity index (χ1) is 12.1. The van der Waals surface area contributed by atoms with Crippen molar-refractivity contribution in [1.82, 2.24) is 15.4 Å². The standard InChI is InChI=1S/C14H18BrN3O7S/c1-8(12(20)17-14(22)16-2)25-13(21)11(7-19)18-26(23,24)10-5-3-9(15)4-6-10/h3-6,8,11,18-19H,7H2,1-2H3,(H2,16,17,20,22). The molecule has 0 bridgehead atoms. The molecule has 1 aromatic carbocycles. The van der Waals surface area contributed by atoms with Gasteiger partial charge in [-0.05, 0) is 31.2 Å². The molecule has 0 aliphatic heterocycles. The van der Waals surface area contributed by atoms with Gasteiger partial charge in [-0.2, -0.15) is 4.72 Å². The lowest BCUT2D eigenvalue weighted by Gasteiger charge is -2.18. The number of halogens is 1. The van der Waals surface area contributed by atoms with E-state index in [1.165, 1.54) is 38.2 Å². The van der Waals surface area contributed by atoms with Gasteiger partial charge < -0.3 is 15.2 Å². The van der Waals surface area contributed by atoms with Crippen molar-refractivity contribution in [3.05, 3.63) is 28.7 Å². The van der Waals surface area contributed by atoms with Crippen LogP contribution in [-0.4, -0.2) is 57.2 Å². The van der Waals surface area contributed by atoms with Crippen molar-refractivity contribution in [3.63, 3.8) is 0 Å². The Balaban J connectivity index is 2.78. The zero-order valence-electron chi connectivity index (χ0n) is 13.9. The molecule has 0 fully saturated rings. The third-order valence-corrected chi connectivity index (χ3v) is 5.03. The summed E-state index contributed by atoms with van der Waals surface area (Å²) in [5.41, 5.74) is 0. The first-order valence-electron chi connectivity index (χ1n) is 7.22. The van der Waals surface area contributed by atoms with E-state index in [1.807, 2.05) is 10.0 Å². The van der Waals surface area contributed by atoms with Gasteiger partial charge in [0.2, 0.25) is 10.0 Å². The molecule has 0 saturated carbocycles. The number of esters is 1. The predicted octanol–water partition coefficient (Wildman–Crippen LogP) is -0.524. The van der Waals surface area contributed by atoms with Gasteiger partial charge in [-0.25, -0.2) is 13.2 Å². The lowest BCUT2D eigenvalue weighted by atomic mass is 10.3. The van der Waals surface area contributed by atoms with Crippen LogP contribution in [0.4, 0.5) is 4.79 Å². The minimum atomic E-state index is -4.11. The SMILES string of the molecule is CNC(=O)NC(=O)C(C)OC(=O)C(CO)NS(=O)(=O)c1ccc(Br)cc1. The molecule has 0 aromatic heterocycles. The number of nitrogens with one attached hydrogen (secondary N) is 3. The fourth-order valence-corrected chi connectivity index (χ4v) is 3.06. The average Bonchev–Trinajstić information content (AvgIpc) is 2.59. The number of amides is 3. The molecule has 0 radical (unpaired) electrons. The average molecular weight is 452 g/mol. The zero-order valence-corrected chi connectivity index (χ0v) is 16.3. The zero-order chi connectivity index (χ0) is 19.9. The van der Waals surface area contributed by atoms with Gasteiger partial charge in [-0.3, -0.25) is 14.9 Å². The van der Waals surface area contributed by atoms with E-state index in [2.05, 4.69) is 21.2 Å². The predicted molar refractivity (Wildman–Crippen MR) is 93.5 cm³/mol. The maximum Gasteiger partial charge on any atom is 0.327 e. The van der Waals surface area contributed by atoms with Gasteiger partial charge >= 0.3 is 12.0 Å². The molecule has 0 saturated heterocycles. The van der Waals surface area contributed by atoms with E-state index in [0.717, 1.165) is 0 Å². The molecule has 1 aromatic rings. The van der Waals surface area contributed by atoms with E-state index in [0.29, 0.717) is 4.47 Å². The highest BCUT2D eigenvalue weighted by Crippen LogP contribution is 2.15. The van der Waals surface area contributed by atoms with Crippen LogP contribution in [-0.2, 0) is 24.3 Å². The number of hydrogen-bond donors (Lipinski definition) is 4. The number of rotatable bonds is 7. The second-order valence-electron chi connectivity index (χ2n) is 4.96. The first kappa shape index (κ1) is 22.0. The van der Waals surface area contributed by atoms with Gasteiger partial charge in [-0.1, -0.05) is 15.9 Å². The van der Waals surface area contributed by atoms with Crippen LogP contribution in [0, 0.1) is 0 Å². The lowest BCUT2D eigenvalue weighted by molar-refractivity contribution is -0.156. The number of urea groups is 1. The van der Waals surface area contributed by atoms with Crippen LogP contribution < -0.4 is 15.4 Å². The minimum absolute atomic E-state index is 0.127. The van der Waals surface area contributed by atoms with E-state index >= 15 is 0 Å². The van der Waals surface area contributed by atoms with Crippen LogP contribution in [0.15, 0.2) is 33.6 Å². The third kappa shape index (κ3) is 6.37. The summed E-state index contributed by atoms with van der Waals surface area (Å²) in [5.74, 6) is -2.09. The number of aliphatic hydroxyl groups excluding tert-OH is 1. The molecular formula is C14H18BrN3O7S. The molecule has 0 spiro atoms. The molecular weight excluding hydrogens is 434 g/mol. The minimum Gasteiger partial charge on any atom is -0.451 e. The largest absolute Gasteiger partial charge is 0.451 e. The number of sulfonamides is 1. The van der Waals surface area contributed by atoms with Gasteiger partial charge in [0.25, 0.3) is 5.91 Å². The topological polar surface area (TPSA) is 151 Å². The molecule has 3 amide bonds. The summed E-state index contributed by atoms with van der Waals surface area (Å²) in [6.45, 7) is 0.298. The van der Waals surface area contributed by atoms with E-state index < -0.39 is 46.7 Å². The monoisotopic (exact) mass is 451 g/mol. The van der Waals surface area contributed by atoms with Crippen molar-refractivity contribution in [2.45, 2.75) is 24.0 Å². The molecule has 26 heavy (non-hydrogen) atoms. The number of benzene rings is 1. The van der Waals surface area contributed by atoms with Gasteiger partial charge in [0, 0.05) is 11.5 Å². The molecule has 10 nitrogen and oxygen atoms in total. The second-order valence-corrected chi connectivity index (χ2v) is 7.59. The summed E-state index contributed by atoms with van der Waals surface area (Å²) in [4.78, 5) is 34.6. The molecule has 2 atom stereocenters. The van der Waals surface area contributed by atoms with Crippen molar-refractivity contribution >= 4 is 43.9 Å². The Labute approximate surface area is 158 Å². The van der Waals surface area contributed by atoms with Crippen molar-refractivity contribution < 1.29 is 32.6 Å². The highest BCUT2D eigenvalue weighted by molar-refractivity contribution is 9.10. The number of carbonyl (C=O) groups is 3. The van der Waals surface area contributed by atoms with E-state index in [1.54, 1.807) is 0 Å². The van der Waals surface area contributed by atoms with Crippen LogP contribution in [0.25, 0.3) is 0 Å². The number of hydrogen-bond acceptors (Lipinski definition) is 7. The van der Waals surface area contributed by atoms with Gasteiger partial charge in [0.15, 0.2) is 6.10 Å². The maximum atomic E-state index is 12.2. The number of ether oxygens (including phenoxy) is 1. The molecule has 0 aliphatic rings. The molecule has 12 heteroatoms. The van der Waals surface area contributed by atoms with Crippen LogP contribution in [0.3, 0.4) is 0 Å². The fraction of sp³-hybridized carbons (Fsp3) is 0.357. The second kappa shape index (κ2) is 9.62. The molecule has 0 heterocycles. The van der Waals surface area contributed by atoms with Crippen LogP contribution in [0.1, 0.15) is 6.92 Å². The Morgan fingerprint density at radius 1 is 1.23 bits per heavy atom. The summed E-state index contributed by atoms with van der Waals surface area (Å²) in [6.07, 6.45) is -1.38. The van der Waals surface area contributed by atoms with Crippen LogP contribution >= 0.6 is 15.9 Å². The van der Waals surface area contributed by atoms with Crippen molar-refractivity contribution in [1.29, 1.82) is 0 Å². The first-order valence-corrected chi connectivity index (χ1v) is 9.50. The quantitative estimate of drug-likeness (QED) is 0.407. The van der Waals surface area contributed by atoms with Gasteiger partial charge in [-0.15, -0.1) is 0 Å². The van der Waals surface area contributed by atoms with Crippen molar-refractivity contribution in [2.75, 3.05) is 13.7 Å². The summed E-state index contributed by atoms with van der Waals surface area (Å²) < 4.78 is 31.9. The summed E-state index contributed by atoms with van der Waals surface area (Å²) in [7, 11) is -2.82. The third-order valence-electron chi connectivity index (χ3n) is 3.01. The molecule has 0 aliphatic carbocycles. The highest BCUT2D eigenvalue weighted by atomic mass is 79.9. The van der Waals surface area contributed by atoms with Gasteiger partial charge in [0.05, 0.1) is 11.5 Å². The Morgan fingerprint density at radius 3 is 2.31 bits per heavy atom. The van der Waals surface area contributed by atoms with Crippen LogP contribution in [0.2, 0.25) is 0 Å². The van der Waals surface area contributed by atoms with Crippen LogP contribution in [0.5, 0.6) is 0 Å².